The highest BCUT2D eigenvalue weighted by molar-refractivity contribution is 5.86. The van der Waals surface area contributed by atoms with Crippen LogP contribution in [-0.4, -0.2) is 43.3 Å². The van der Waals surface area contributed by atoms with Crippen LogP contribution >= 0.6 is 0 Å². The van der Waals surface area contributed by atoms with E-state index in [0.29, 0.717) is 6.73 Å². The molecule has 12 heavy (non-hydrogen) atoms. The molecule has 2 saturated heterocycles. The van der Waals surface area contributed by atoms with E-state index >= 15 is 0 Å². The summed E-state index contributed by atoms with van der Waals surface area (Å²) in [6.07, 6.45) is 1.66. The number of hydrogen-bond acceptors (Lipinski definition) is 3. The smallest absolute Gasteiger partial charge is 0.254 e. The van der Waals surface area contributed by atoms with Crippen molar-refractivity contribution in [2.45, 2.75) is 18.4 Å². The van der Waals surface area contributed by atoms with Gasteiger partial charge in [0.05, 0.1) is 0 Å². The SMILES string of the molecule is CN1CCC2(CC1)OCNC2=O. The van der Waals surface area contributed by atoms with Crippen LogP contribution < -0.4 is 5.32 Å². The Hall–Kier alpha value is -0.610. The summed E-state index contributed by atoms with van der Waals surface area (Å²) in [4.78, 5) is 13.6. The van der Waals surface area contributed by atoms with Gasteiger partial charge in [-0.15, -0.1) is 0 Å². The van der Waals surface area contributed by atoms with Gasteiger partial charge in [-0.1, -0.05) is 0 Å². The Morgan fingerprint density at radius 2 is 2.17 bits per heavy atom. The Kier molecular flexibility index (Phi) is 1.81. The summed E-state index contributed by atoms with van der Waals surface area (Å²) in [6, 6.07) is 0. The van der Waals surface area contributed by atoms with Gasteiger partial charge in [-0.25, -0.2) is 0 Å². The second kappa shape index (κ2) is 2.71. The fourth-order valence-electron chi connectivity index (χ4n) is 1.82. The van der Waals surface area contributed by atoms with Gasteiger partial charge < -0.3 is 15.0 Å². The molecule has 0 atom stereocenters. The molecule has 1 amide bonds. The van der Waals surface area contributed by atoms with E-state index in [4.69, 9.17) is 4.74 Å². The zero-order valence-corrected chi connectivity index (χ0v) is 7.30. The van der Waals surface area contributed by atoms with Crippen molar-refractivity contribution >= 4 is 5.91 Å². The molecule has 0 radical (unpaired) electrons. The van der Waals surface area contributed by atoms with Crippen LogP contribution in [0.1, 0.15) is 12.8 Å². The summed E-state index contributed by atoms with van der Waals surface area (Å²) in [5, 5.41) is 2.72. The highest BCUT2D eigenvalue weighted by Crippen LogP contribution is 2.28. The van der Waals surface area contributed by atoms with Crippen molar-refractivity contribution in [3.05, 3.63) is 0 Å². The van der Waals surface area contributed by atoms with Gasteiger partial charge in [0.2, 0.25) is 0 Å². The number of nitrogens with zero attached hydrogens (tertiary/aromatic N) is 1. The van der Waals surface area contributed by atoms with Crippen LogP contribution in [0.2, 0.25) is 0 Å². The fraction of sp³-hybridized carbons (Fsp3) is 0.875. The Balaban J connectivity index is 2.07. The molecular weight excluding hydrogens is 156 g/mol. The second-order valence-corrected chi connectivity index (χ2v) is 3.59. The van der Waals surface area contributed by atoms with Crippen molar-refractivity contribution in [1.82, 2.24) is 10.2 Å². The van der Waals surface area contributed by atoms with Gasteiger partial charge in [0, 0.05) is 13.1 Å². The third-order valence-corrected chi connectivity index (χ3v) is 2.79. The van der Waals surface area contributed by atoms with E-state index in [0.717, 1.165) is 25.9 Å². The predicted octanol–water partition coefficient (Wildman–Crippen LogP) is -0.445. The summed E-state index contributed by atoms with van der Waals surface area (Å²) in [7, 11) is 2.07. The number of rotatable bonds is 0. The molecule has 2 fully saturated rings. The van der Waals surface area contributed by atoms with Crippen molar-refractivity contribution in [2.24, 2.45) is 0 Å². The summed E-state index contributed by atoms with van der Waals surface area (Å²) in [6.45, 7) is 2.30. The van der Waals surface area contributed by atoms with Crippen LogP contribution in [0.15, 0.2) is 0 Å². The molecule has 0 bridgehead atoms. The van der Waals surface area contributed by atoms with Gasteiger partial charge in [-0.2, -0.15) is 0 Å². The number of carbonyl (C=O) groups is 1. The maximum Gasteiger partial charge on any atom is 0.254 e. The molecule has 1 N–H and O–H groups in total. The Bertz CT molecular complexity index is 197. The van der Waals surface area contributed by atoms with Gasteiger partial charge in [0.15, 0.2) is 5.60 Å². The Morgan fingerprint density at radius 3 is 2.67 bits per heavy atom. The molecule has 4 heteroatoms. The van der Waals surface area contributed by atoms with Crippen molar-refractivity contribution in [3.8, 4) is 0 Å². The number of nitrogens with one attached hydrogen (secondary N) is 1. The van der Waals surface area contributed by atoms with Crippen LogP contribution in [0.4, 0.5) is 0 Å². The summed E-state index contributed by atoms with van der Waals surface area (Å²) in [5.41, 5.74) is -0.480. The molecule has 2 aliphatic rings. The normalized spacial score (nSPS) is 29.2. The van der Waals surface area contributed by atoms with Crippen molar-refractivity contribution < 1.29 is 9.53 Å². The quantitative estimate of drug-likeness (QED) is 0.535. The number of hydrogen-bond donors (Lipinski definition) is 1. The lowest BCUT2D eigenvalue weighted by molar-refractivity contribution is -0.136. The summed E-state index contributed by atoms with van der Waals surface area (Å²) < 4.78 is 5.45. The predicted molar refractivity (Wildman–Crippen MR) is 43.6 cm³/mol. The maximum absolute atomic E-state index is 11.4. The van der Waals surface area contributed by atoms with E-state index in [2.05, 4.69) is 17.3 Å². The minimum Gasteiger partial charge on any atom is -0.345 e. The number of ether oxygens (including phenoxy) is 1. The molecule has 4 nitrogen and oxygen atoms in total. The largest absolute Gasteiger partial charge is 0.345 e. The number of likely N-dealkylation sites (tertiary alicyclic amines) is 1. The second-order valence-electron chi connectivity index (χ2n) is 3.59. The molecule has 2 rings (SSSR count). The van der Waals surface area contributed by atoms with Crippen LogP contribution in [0.3, 0.4) is 0 Å². The zero-order valence-electron chi connectivity index (χ0n) is 7.30. The first kappa shape index (κ1) is 8.01. The minimum atomic E-state index is -0.480. The van der Waals surface area contributed by atoms with Crippen LogP contribution in [-0.2, 0) is 9.53 Å². The standard InChI is InChI=1S/C8H14N2O2/c1-10-4-2-8(3-5-10)7(11)9-6-12-8/h2-6H2,1H3,(H,9,11). The van der Waals surface area contributed by atoms with Gasteiger partial charge in [0.25, 0.3) is 5.91 Å². The fourth-order valence-corrected chi connectivity index (χ4v) is 1.82. The Labute approximate surface area is 71.9 Å². The van der Waals surface area contributed by atoms with Gasteiger partial charge in [-0.05, 0) is 19.9 Å². The first-order valence-electron chi connectivity index (χ1n) is 4.34. The number of carbonyl (C=O) groups excluding carboxylic acids is 1. The average molecular weight is 170 g/mol. The monoisotopic (exact) mass is 170 g/mol. The van der Waals surface area contributed by atoms with Crippen LogP contribution in [0.5, 0.6) is 0 Å². The van der Waals surface area contributed by atoms with Gasteiger partial charge >= 0.3 is 0 Å². The Morgan fingerprint density at radius 1 is 1.50 bits per heavy atom. The lowest BCUT2D eigenvalue weighted by atomic mass is 9.91. The van der Waals surface area contributed by atoms with E-state index in [1.807, 2.05) is 0 Å². The van der Waals surface area contributed by atoms with Crippen molar-refractivity contribution in [3.63, 3.8) is 0 Å². The third kappa shape index (κ3) is 1.11. The van der Waals surface area contributed by atoms with Crippen LogP contribution in [0.25, 0.3) is 0 Å². The molecule has 0 aromatic heterocycles. The number of amides is 1. The van der Waals surface area contributed by atoms with E-state index in [1.54, 1.807) is 0 Å². The zero-order chi connectivity index (χ0) is 8.60. The van der Waals surface area contributed by atoms with E-state index in [-0.39, 0.29) is 5.91 Å². The average Bonchev–Trinajstić information content (AvgIpc) is 2.41. The van der Waals surface area contributed by atoms with Crippen molar-refractivity contribution in [2.75, 3.05) is 26.9 Å². The molecule has 0 saturated carbocycles. The van der Waals surface area contributed by atoms with Crippen LogP contribution in [0, 0.1) is 0 Å². The molecule has 68 valence electrons. The molecule has 0 unspecified atom stereocenters. The first-order valence-corrected chi connectivity index (χ1v) is 4.34. The molecule has 1 spiro atoms. The minimum absolute atomic E-state index is 0.0793. The van der Waals surface area contributed by atoms with Gasteiger partial charge in [0.1, 0.15) is 6.73 Å². The molecular formula is C8H14N2O2. The number of piperidine rings is 1. The summed E-state index contributed by atoms with van der Waals surface area (Å²) in [5.74, 6) is 0.0793. The molecule has 0 aromatic rings. The van der Waals surface area contributed by atoms with Crippen molar-refractivity contribution in [1.29, 1.82) is 0 Å². The van der Waals surface area contributed by atoms with E-state index in [1.165, 1.54) is 0 Å². The molecule has 0 aliphatic carbocycles. The highest BCUT2D eigenvalue weighted by Gasteiger charge is 2.45. The highest BCUT2D eigenvalue weighted by atomic mass is 16.5. The third-order valence-electron chi connectivity index (χ3n) is 2.79. The molecule has 2 heterocycles. The summed E-state index contributed by atoms with van der Waals surface area (Å²) >= 11 is 0. The van der Waals surface area contributed by atoms with E-state index in [9.17, 15) is 4.79 Å². The first-order chi connectivity index (χ1) is 5.73. The maximum atomic E-state index is 11.4. The van der Waals surface area contributed by atoms with E-state index < -0.39 is 5.60 Å². The topological polar surface area (TPSA) is 41.6 Å². The molecule has 2 aliphatic heterocycles. The lowest BCUT2D eigenvalue weighted by Gasteiger charge is -2.34. The molecule has 0 aromatic carbocycles. The van der Waals surface area contributed by atoms with Gasteiger partial charge in [-0.3, -0.25) is 4.79 Å². The lowest BCUT2D eigenvalue weighted by Crippen LogP contribution is -2.48.